The Bertz CT molecular complexity index is 866. The molecule has 0 saturated carbocycles. The molecule has 0 radical (unpaired) electrons. The van der Waals surface area contributed by atoms with Crippen molar-refractivity contribution in [3.63, 3.8) is 0 Å². The van der Waals surface area contributed by atoms with Crippen molar-refractivity contribution in [1.29, 1.82) is 0 Å². The molecule has 4 rings (SSSR count). The maximum absolute atomic E-state index is 12.0. The molecule has 5 heteroatoms. The van der Waals surface area contributed by atoms with Crippen LogP contribution < -0.4 is 5.32 Å². The molecule has 0 saturated heterocycles. The van der Waals surface area contributed by atoms with Gasteiger partial charge in [0.15, 0.2) is 0 Å². The number of aromatic nitrogens is 2. The number of benzene rings is 2. The number of fused-ring (bicyclic) bond motifs is 2. The van der Waals surface area contributed by atoms with Crippen LogP contribution in [0.15, 0.2) is 42.5 Å². The van der Waals surface area contributed by atoms with Gasteiger partial charge >= 0.3 is 0 Å². The summed E-state index contributed by atoms with van der Waals surface area (Å²) in [5, 5.41) is 2.87. The highest BCUT2D eigenvalue weighted by molar-refractivity contribution is 7.00. The lowest BCUT2D eigenvalue weighted by molar-refractivity contribution is -0.110. The van der Waals surface area contributed by atoms with Crippen LogP contribution >= 0.6 is 11.7 Å². The first-order chi connectivity index (χ1) is 9.81. The van der Waals surface area contributed by atoms with Gasteiger partial charge in [-0.3, -0.25) is 4.79 Å². The third kappa shape index (κ3) is 1.71. The Kier molecular flexibility index (Phi) is 2.40. The zero-order valence-corrected chi connectivity index (χ0v) is 11.1. The molecule has 2 heterocycles. The van der Waals surface area contributed by atoms with E-state index in [4.69, 9.17) is 0 Å². The predicted molar refractivity (Wildman–Crippen MR) is 80.4 cm³/mol. The van der Waals surface area contributed by atoms with Crippen molar-refractivity contribution in [3.8, 4) is 0 Å². The standard InChI is InChI=1S/C15H9N3OS/c19-15-11(10-3-1-2-4-12(10)16-15)7-9-5-6-13-14(8-9)18-20-17-13/h1-8H,(H,16,19). The normalized spacial score (nSPS) is 15.6. The van der Waals surface area contributed by atoms with E-state index in [1.54, 1.807) is 0 Å². The molecule has 96 valence electrons. The van der Waals surface area contributed by atoms with Crippen LogP contribution in [-0.4, -0.2) is 14.7 Å². The molecule has 20 heavy (non-hydrogen) atoms. The SMILES string of the molecule is O=C1Nc2ccccc2C1=Cc1ccc2nsnc2c1. The number of carbonyl (C=O) groups excluding carboxylic acids is 1. The quantitative estimate of drug-likeness (QED) is 0.696. The molecule has 4 nitrogen and oxygen atoms in total. The van der Waals surface area contributed by atoms with Crippen molar-refractivity contribution < 1.29 is 4.79 Å². The lowest BCUT2D eigenvalue weighted by Gasteiger charge is -1.98. The topological polar surface area (TPSA) is 54.9 Å². The van der Waals surface area contributed by atoms with Crippen LogP contribution in [0, 0.1) is 0 Å². The fourth-order valence-corrected chi connectivity index (χ4v) is 2.86. The number of amides is 1. The van der Waals surface area contributed by atoms with Gasteiger partial charge in [-0.05, 0) is 29.8 Å². The fraction of sp³-hybridized carbons (Fsp3) is 0. The van der Waals surface area contributed by atoms with E-state index in [0.29, 0.717) is 5.57 Å². The molecule has 0 atom stereocenters. The zero-order valence-electron chi connectivity index (χ0n) is 10.3. The summed E-state index contributed by atoms with van der Waals surface area (Å²) in [6.07, 6.45) is 1.89. The van der Waals surface area contributed by atoms with Gasteiger partial charge in [0.05, 0.1) is 11.7 Å². The van der Waals surface area contributed by atoms with Crippen molar-refractivity contribution >= 4 is 46.0 Å². The van der Waals surface area contributed by atoms with Crippen LogP contribution in [0.4, 0.5) is 5.69 Å². The minimum Gasteiger partial charge on any atom is -0.321 e. The van der Waals surface area contributed by atoms with Crippen LogP contribution in [0.25, 0.3) is 22.7 Å². The van der Waals surface area contributed by atoms with E-state index in [1.807, 2.05) is 48.5 Å². The summed E-state index contributed by atoms with van der Waals surface area (Å²) in [7, 11) is 0. The van der Waals surface area contributed by atoms with Gasteiger partial charge in [-0.25, -0.2) is 0 Å². The number of rotatable bonds is 1. The Hall–Kier alpha value is -2.53. The second kappa shape index (κ2) is 4.25. The predicted octanol–water partition coefficient (Wildman–Crippen LogP) is 3.18. The molecule has 3 aromatic rings. The highest BCUT2D eigenvalue weighted by Gasteiger charge is 2.23. The Morgan fingerprint density at radius 2 is 1.90 bits per heavy atom. The molecular weight excluding hydrogens is 270 g/mol. The molecular formula is C15H9N3OS. The third-order valence-corrected chi connectivity index (χ3v) is 3.86. The lowest BCUT2D eigenvalue weighted by Crippen LogP contribution is -2.03. The first-order valence-corrected chi connectivity index (χ1v) is 6.89. The molecule has 0 bridgehead atoms. The van der Waals surface area contributed by atoms with Gasteiger partial charge in [0, 0.05) is 16.8 Å². The van der Waals surface area contributed by atoms with E-state index in [9.17, 15) is 4.79 Å². The summed E-state index contributed by atoms with van der Waals surface area (Å²) >= 11 is 1.19. The number of hydrogen-bond donors (Lipinski definition) is 1. The summed E-state index contributed by atoms with van der Waals surface area (Å²) in [6.45, 7) is 0. The molecule has 1 N–H and O–H groups in total. The number of carbonyl (C=O) groups is 1. The maximum Gasteiger partial charge on any atom is 0.256 e. The van der Waals surface area contributed by atoms with E-state index in [-0.39, 0.29) is 5.91 Å². The van der Waals surface area contributed by atoms with Gasteiger partial charge in [-0.15, -0.1) is 0 Å². The van der Waals surface area contributed by atoms with Gasteiger partial charge in [-0.1, -0.05) is 24.3 Å². The monoisotopic (exact) mass is 279 g/mol. The molecule has 2 aromatic carbocycles. The minimum absolute atomic E-state index is 0.0669. The second-order valence-corrected chi connectivity index (χ2v) is 5.10. The minimum atomic E-state index is -0.0669. The Morgan fingerprint density at radius 1 is 1.05 bits per heavy atom. The van der Waals surface area contributed by atoms with Gasteiger partial charge in [0.2, 0.25) is 0 Å². The molecule has 0 fully saturated rings. The summed E-state index contributed by atoms with van der Waals surface area (Å²) < 4.78 is 8.39. The van der Waals surface area contributed by atoms with E-state index in [2.05, 4.69) is 14.1 Å². The number of para-hydroxylation sites is 1. The van der Waals surface area contributed by atoms with E-state index in [0.717, 1.165) is 27.8 Å². The van der Waals surface area contributed by atoms with Crippen molar-refractivity contribution in [1.82, 2.24) is 8.75 Å². The molecule has 0 aliphatic carbocycles. The van der Waals surface area contributed by atoms with E-state index in [1.165, 1.54) is 11.7 Å². The first-order valence-electron chi connectivity index (χ1n) is 6.16. The summed E-state index contributed by atoms with van der Waals surface area (Å²) in [5.41, 5.74) is 5.17. The van der Waals surface area contributed by atoms with Crippen LogP contribution in [0.2, 0.25) is 0 Å². The number of nitrogens with one attached hydrogen (secondary N) is 1. The molecule has 1 amide bonds. The Balaban J connectivity index is 1.85. The van der Waals surface area contributed by atoms with Crippen molar-refractivity contribution in [2.45, 2.75) is 0 Å². The maximum atomic E-state index is 12.0. The molecule has 1 aliphatic rings. The first kappa shape index (κ1) is 11.3. The summed E-state index contributed by atoms with van der Waals surface area (Å²) in [5.74, 6) is -0.0669. The average Bonchev–Trinajstić information content (AvgIpc) is 3.04. The molecule has 1 aliphatic heterocycles. The molecule has 0 spiro atoms. The van der Waals surface area contributed by atoms with Crippen LogP contribution in [0.3, 0.4) is 0 Å². The van der Waals surface area contributed by atoms with E-state index < -0.39 is 0 Å². The van der Waals surface area contributed by atoms with Gasteiger partial charge < -0.3 is 5.32 Å². The Labute approximate surface area is 119 Å². The smallest absolute Gasteiger partial charge is 0.256 e. The van der Waals surface area contributed by atoms with E-state index >= 15 is 0 Å². The lowest BCUT2D eigenvalue weighted by atomic mass is 10.0. The van der Waals surface area contributed by atoms with Gasteiger partial charge in [0.25, 0.3) is 5.91 Å². The van der Waals surface area contributed by atoms with Crippen LogP contribution in [-0.2, 0) is 4.79 Å². The number of anilines is 1. The van der Waals surface area contributed by atoms with Gasteiger partial charge in [-0.2, -0.15) is 8.75 Å². The second-order valence-electron chi connectivity index (χ2n) is 4.57. The zero-order chi connectivity index (χ0) is 13.5. The van der Waals surface area contributed by atoms with Gasteiger partial charge in [0.1, 0.15) is 11.0 Å². The van der Waals surface area contributed by atoms with Crippen LogP contribution in [0.1, 0.15) is 11.1 Å². The molecule has 1 aromatic heterocycles. The highest BCUT2D eigenvalue weighted by atomic mass is 32.1. The fourth-order valence-electron chi connectivity index (χ4n) is 2.34. The largest absolute Gasteiger partial charge is 0.321 e. The average molecular weight is 279 g/mol. The van der Waals surface area contributed by atoms with Crippen molar-refractivity contribution in [3.05, 3.63) is 53.6 Å². The van der Waals surface area contributed by atoms with Crippen molar-refractivity contribution in [2.24, 2.45) is 0 Å². The summed E-state index contributed by atoms with van der Waals surface area (Å²) in [6, 6.07) is 13.5. The highest BCUT2D eigenvalue weighted by Crippen LogP contribution is 2.32. The third-order valence-electron chi connectivity index (χ3n) is 3.30. The summed E-state index contributed by atoms with van der Waals surface area (Å²) in [4.78, 5) is 12.0. The van der Waals surface area contributed by atoms with Crippen molar-refractivity contribution in [2.75, 3.05) is 5.32 Å². The van der Waals surface area contributed by atoms with Crippen LogP contribution in [0.5, 0.6) is 0 Å². The molecule has 0 unspecified atom stereocenters. The Morgan fingerprint density at radius 3 is 2.85 bits per heavy atom. The number of nitrogens with zero attached hydrogens (tertiary/aromatic N) is 2. The number of hydrogen-bond acceptors (Lipinski definition) is 4.